The summed E-state index contributed by atoms with van der Waals surface area (Å²) in [6.07, 6.45) is 2.12. The van der Waals surface area contributed by atoms with Gasteiger partial charge in [-0.25, -0.2) is 0 Å². The predicted molar refractivity (Wildman–Crippen MR) is 66.2 cm³/mol. The number of ether oxygens (including phenoxy) is 1. The zero-order valence-corrected chi connectivity index (χ0v) is 14.7. The third-order valence-corrected chi connectivity index (χ3v) is 2.68. The van der Waals surface area contributed by atoms with Crippen LogP contribution in [0.4, 0.5) is 12.9 Å². The Morgan fingerprint density at radius 1 is 1.21 bits per heavy atom. The van der Waals surface area contributed by atoms with E-state index in [0.29, 0.717) is 13.2 Å². The van der Waals surface area contributed by atoms with Gasteiger partial charge in [0.05, 0.1) is 6.20 Å². The first-order chi connectivity index (χ1) is 8.47. The van der Waals surface area contributed by atoms with Crippen molar-refractivity contribution in [3.05, 3.63) is 18.5 Å². The first-order valence-electron chi connectivity index (χ1n) is 5.97. The van der Waals surface area contributed by atoms with E-state index in [-0.39, 0.29) is 57.1 Å². The van der Waals surface area contributed by atoms with Crippen molar-refractivity contribution in [2.45, 2.75) is 13.8 Å². The van der Waals surface area contributed by atoms with Crippen molar-refractivity contribution in [2.24, 2.45) is 0 Å². The zero-order valence-electron chi connectivity index (χ0n) is 11.6. The maximum Gasteiger partial charge on any atom is 1.00 e. The molecule has 0 aliphatic carbocycles. The summed E-state index contributed by atoms with van der Waals surface area (Å²) in [5.74, 6) is 0.166. The van der Waals surface area contributed by atoms with Gasteiger partial charge < -0.3 is 22.6 Å². The standard InChI is InChI=1S/C11H17BF3N2O.K/c1-3-17(4-2)5-6-18-11-7-10(8-16-9-11)12(13,14)15;/h7-9H,3-6H2,1-2H3;/q-1;+1. The number of rotatable bonds is 7. The third-order valence-electron chi connectivity index (χ3n) is 2.68. The van der Waals surface area contributed by atoms with Crippen LogP contribution in [0.3, 0.4) is 0 Å². The molecule has 0 N–H and O–H groups in total. The van der Waals surface area contributed by atoms with E-state index in [0.717, 1.165) is 25.4 Å². The number of hydrogen-bond acceptors (Lipinski definition) is 3. The number of halogens is 3. The Morgan fingerprint density at radius 2 is 1.84 bits per heavy atom. The van der Waals surface area contributed by atoms with E-state index < -0.39 is 12.4 Å². The van der Waals surface area contributed by atoms with E-state index in [2.05, 4.69) is 9.88 Å². The molecule has 1 aromatic rings. The van der Waals surface area contributed by atoms with E-state index in [1.54, 1.807) is 0 Å². The van der Waals surface area contributed by atoms with Crippen LogP contribution < -0.4 is 61.6 Å². The van der Waals surface area contributed by atoms with E-state index in [4.69, 9.17) is 4.74 Å². The maximum atomic E-state index is 12.5. The van der Waals surface area contributed by atoms with E-state index in [1.165, 1.54) is 6.20 Å². The minimum Gasteiger partial charge on any atom is -0.491 e. The molecule has 0 aliphatic rings. The van der Waals surface area contributed by atoms with Gasteiger partial charge in [0.2, 0.25) is 0 Å². The number of likely N-dealkylation sites (N-methyl/N-ethyl adjacent to an activating group) is 1. The monoisotopic (exact) mass is 300 g/mol. The molecular weight excluding hydrogens is 283 g/mol. The Balaban J connectivity index is 0.00000324. The summed E-state index contributed by atoms with van der Waals surface area (Å²) in [5, 5.41) is 0. The van der Waals surface area contributed by atoms with Crippen LogP contribution in [0.15, 0.2) is 18.5 Å². The molecule has 0 fully saturated rings. The quantitative estimate of drug-likeness (QED) is 0.595. The minimum atomic E-state index is -5.02. The molecule has 0 spiro atoms. The number of nitrogens with zero attached hydrogens (tertiary/aromatic N) is 2. The Bertz CT molecular complexity index is 375. The summed E-state index contributed by atoms with van der Waals surface area (Å²) >= 11 is 0. The molecule has 0 aromatic carbocycles. The SMILES string of the molecule is CCN(CC)CCOc1cncc([B-](F)(F)F)c1.[K+]. The molecule has 102 valence electrons. The van der Waals surface area contributed by atoms with Crippen molar-refractivity contribution >= 4 is 12.4 Å². The van der Waals surface area contributed by atoms with Gasteiger partial charge in [0.15, 0.2) is 0 Å². The molecular formula is C11H17BF3KN2O. The van der Waals surface area contributed by atoms with Gasteiger partial charge in [-0.3, -0.25) is 4.98 Å². The fourth-order valence-corrected chi connectivity index (χ4v) is 1.53. The normalized spacial score (nSPS) is 11.3. The van der Waals surface area contributed by atoms with Crippen LogP contribution in [-0.4, -0.2) is 43.1 Å². The molecule has 0 unspecified atom stereocenters. The first kappa shape index (κ1) is 19.4. The van der Waals surface area contributed by atoms with Crippen LogP contribution in [0.1, 0.15) is 13.8 Å². The predicted octanol–water partition coefficient (Wildman–Crippen LogP) is -1.14. The van der Waals surface area contributed by atoms with Gasteiger partial charge in [-0.2, -0.15) is 0 Å². The summed E-state index contributed by atoms with van der Waals surface area (Å²) in [5.41, 5.74) is -0.727. The van der Waals surface area contributed by atoms with Crippen LogP contribution in [0.25, 0.3) is 0 Å². The zero-order chi connectivity index (χ0) is 13.6. The van der Waals surface area contributed by atoms with E-state index in [1.807, 2.05) is 13.8 Å². The molecule has 8 heteroatoms. The van der Waals surface area contributed by atoms with Gasteiger partial charge in [0.25, 0.3) is 0 Å². The Kier molecular flexibility index (Phi) is 9.56. The van der Waals surface area contributed by atoms with Crippen molar-refractivity contribution < 1.29 is 69.1 Å². The molecule has 0 saturated heterocycles. The number of pyridine rings is 1. The van der Waals surface area contributed by atoms with Crippen LogP contribution >= 0.6 is 0 Å². The fourth-order valence-electron chi connectivity index (χ4n) is 1.53. The molecule has 0 amide bonds. The van der Waals surface area contributed by atoms with Gasteiger partial charge in [0.1, 0.15) is 12.4 Å². The summed E-state index contributed by atoms with van der Waals surface area (Å²) in [7, 11) is 0. The number of hydrogen-bond donors (Lipinski definition) is 0. The molecule has 0 radical (unpaired) electrons. The van der Waals surface area contributed by atoms with Gasteiger partial charge >= 0.3 is 58.4 Å². The molecule has 19 heavy (non-hydrogen) atoms. The van der Waals surface area contributed by atoms with Crippen LogP contribution in [0, 0.1) is 0 Å². The molecule has 0 saturated carbocycles. The number of aromatic nitrogens is 1. The largest absolute Gasteiger partial charge is 1.00 e. The average Bonchev–Trinajstić information content (AvgIpc) is 2.34. The molecule has 0 bridgehead atoms. The van der Waals surface area contributed by atoms with Crippen LogP contribution in [-0.2, 0) is 0 Å². The Hall–Kier alpha value is 0.401. The van der Waals surface area contributed by atoms with E-state index >= 15 is 0 Å². The average molecular weight is 300 g/mol. The van der Waals surface area contributed by atoms with Gasteiger partial charge in [0, 0.05) is 12.7 Å². The van der Waals surface area contributed by atoms with Crippen LogP contribution in [0.2, 0.25) is 0 Å². The van der Waals surface area contributed by atoms with Crippen molar-refractivity contribution in [1.82, 2.24) is 9.88 Å². The van der Waals surface area contributed by atoms with Crippen molar-refractivity contribution in [1.29, 1.82) is 0 Å². The molecule has 1 rings (SSSR count). The molecule has 3 nitrogen and oxygen atoms in total. The second-order valence-corrected chi connectivity index (χ2v) is 3.90. The topological polar surface area (TPSA) is 25.4 Å². The second-order valence-electron chi connectivity index (χ2n) is 3.90. The minimum absolute atomic E-state index is 0. The molecule has 1 aromatic heterocycles. The molecule has 0 atom stereocenters. The van der Waals surface area contributed by atoms with Crippen LogP contribution in [0.5, 0.6) is 5.75 Å². The fraction of sp³-hybridized carbons (Fsp3) is 0.545. The van der Waals surface area contributed by atoms with Gasteiger partial charge in [-0.05, 0) is 19.2 Å². The summed E-state index contributed by atoms with van der Waals surface area (Å²) in [6.45, 7) is 1.87. The third kappa shape index (κ3) is 7.10. The molecule has 0 aliphatic heterocycles. The Morgan fingerprint density at radius 3 is 2.37 bits per heavy atom. The van der Waals surface area contributed by atoms with Crippen molar-refractivity contribution in [3.8, 4) is 5.75 Å². The van der Waals surface area contributed by atoms with Gasteiger partial charge in [-0.1, -0.05) is 19.3 Å². The first-order valence-corrected chi connectivity index (χ1v) is 5.97. The van der Waals surface area contributed by atoms with E-state index in [9.17, 15) is 12.9 Å². The van der Waals surface area contributed by atoms with Gasteiger partial charge in [-0.15, -0.1) is 0 Å². The second kappa shape index (κ2) is 9.36. The smallest absolute Gasteiger partial charge is 0.491 e. The molecule has 1 heterocycles. The van der Waals surface area contributed by atoms with Crippen molar-refractivity contribution in [2.75, 3.05) is 26.2 Å². The summed E-state index contributed by atoms with van der Waals surface area (Å²) in [6, 6.07) is 0.995. The summed E-state index contributed by atoms with van der Waals surface area (Å²) in [4.78, 5) is 5.68. The van der Waals surface area contributed by atoms with Crippen molar-refractivity contribution in [3.63, 3.8) is 0 Å². The Labute approximate surface area is 154 Å². The summed E-state index contributed by atoms with van der Waals surface area (Å²) < 4.78 is 42.7. The maximum absolute atomic E-state index is 12.5.